The Balaban J connectivity index is 3.36. The van der Waals surface area contributed by atoms with E-state index < -0.39 is 12.1 Å². The molecule has 3 N–H and O–H groups in total. The highest BCUT2D eigenvalue weighted by Gasteiger charge is 2.18. The van der Waals surface area contributed by atoms with Gasteiger partial charge >= 0.3 is 0 Å². The maximum atomic E-state index is 12.6. The fourth-order valence-electron chi connectivity index (χ4n) is 12.9. The van der Waals surface area contributed by atoms with Gasteiger partial charge < -0.3 is 15.5 Å². The Morgan fingerprint density at radius 2 is 0.451 bits per heavy atom. The SMILES string of the molecule is CCCCCCCCCCCCCCCCCCCCCCCCCCCCCCC/C=C/C(O)C(CO)NC(=O)CCCCCCCCCCCCCCCCCCCCCCCCCCCCCCCCCCCCCCCCC. The van der Waals surface area contributed by atoms with E-state index in [1.54, 1.807) is 6.08 Å². The zero-order valence-corrected chi connectivity index (χ0v) is 56.8. The highest BCUT2D eigenvalue weighted by Crippen LogP contribution is 2.21. The van der Waals surface area contributed by atoms with Crippen molar-refractivity contribution in [3.8, 4) is 0 Å². The molecule has 0 aromatic rings. The van der Waals surface area contributed by atoms with Gasteiger partial charge in [-0.15, -0.1) is 0 Å². The molecule has 4 heteroatoms. The molecule has 1 amide bonds. The van der Waals surface area contributed by atoms with Crippen LogP contribution in [-0.4, -0.2) is 34.9 Å². The zero-order chi connectivity index (χ0) is 59.1. The van der Waals surface area contributed by atoms with Crippen molar-refractivity contribution in [1.29, 1.82) is 0 Å². The van der Waals surface area contributed by atoms with Gasteiger partial charge in [-0.25, -0.2) is 0 Å². The Hall–Kier alpha value is -0.870. The Bertz CT molecular complexity index is 1170. The van der Waals surface area contributed by atoms with Gasteiger partial charge in [0.15, 0.2) is 0 Å². The minimum atomic E-state index is -0.838. The summed E-state index contributed by atoms with van der Waals surface area (Å²) in [7, 11) is 0. The first-order valence-electron chi connectivity index (χ1n) is 38.9. The van der Waals surface area contributed by atoms with Crippen molar-refractivity contribution in [1.82, 2.24) is 5.32 Å². The third-order valence-electron chi connectivity index (χ3n) is 18.8. The van der Waals surface area contributed by atoms with Gasteiger partial charge in [-0.2, -0.15) is 0 Å². The second kappa shape index (κ2) is 74.4. The smallest absolute Gasteiger partial charge is 0.220 e. The molecule has 0 saturated heterocycles. The molecular weight excluding hydrogens is 999 g/mol. The number of nitrogens with one attached hydrogen (secondary N) is 1. The third-order valence-corrected chi connectivity index (χ3v) is 18.8. The standard InChI is InChI=1S/C78H155NO3/c1-3-5-7-9-11-13-15-17-19-21-23-25-27-29-31-33-35-36-37-38-39-40-41-42-44-46-48-50-52-54-56-58-60-62-64-66-68-70-72-74-78(82)79-76(75-80)77(81)73-71-69-67-65-63-61-59-57-55-53-51-49-47-45-43-34-32-30-28-26-24-22-20-18-16-14-12-10-8-6-4-2/h71,73,76-77,80-81H,3-70,72,74-75H2,1-2H3,(H,79,82)/b73-71+. The quantitative estimate of drug-likeness (QED) is 0.0420. The van der Waals surface area contributed by atoms with Crippen molar-refractivity contribution in [3.63, 3.8) is 0 Å². The van der Waals surface area contributed by atoms with Crippen LogP contribution in [0.25, 0.3) is 0 Å². The van der Waals surface area contributed by atoms with Crippen molar-refractivity contribution in [2.24, 2.45) is 0 Å². The molecular formula is C78H155NO3. The lowest BCUT2D eigenvalue weighted by atomic mass is 10.0. The van der Waals surface area contributed by atoms with E-state index in [0.29, 0.717) is 6.42 Å². The highest BCUT2D eigenvalue weighted by molar-refractivity contribution is 5.76. The minimum absolute atomic E-state index is 0.0519. The topological polar surface area (TPSA) is 69.6 Å². The molecule has 0 aliphatic rings. The molecule has 0 bridgehead atoms. The van der Waals surface area contributed by atoms with Crippen LogP contribution >= 0.6 is 0 Å². The summed E-state index contributed by atoms with van der Waals surface area (Å²) in [5, 5.41) is 23.4. The molecule has 2 atom stereocenters. The van der Waals surface area contributed by atoms with Crippen LogP contribution in [0.4, 0.5) is 0 Å². The summed E-state index contributed by atoms with van der Waals surface area (Å²) in [6.45, 7) is 4.37. The van der Waals surface area contributed by atoms with Crippen LogP contribution in [0.5, 0.6) is 0 Å². The number of unbranched alkanes of at least 4 members (excludes halogenated alkanes) is 67. The average Bonchev–Trinajstić information content (AvgIpc) is 3.50. The first-order chi connectivity index (χ1) is 40.7. The van der Waals surface area contributed by atoms with Crippen LogP contribution < -0.4 is 5.32 Å². The molecule has 0 spiro atoms. The van der Waals surface area contributed by atoms with Gasteiger partial charge in [-0.3, -0.25) is 4.79 Å². The van der Waals surface area contributed by atoms with Crippen molar-refractivity contribution < 1.29 is 15.0 Å². The first kappa shape index (κ1) is 81.1. The van der Waals surface area contributed by atoms with Crippen LogP contribution in [0.15, 0.2) is 12.2 Å². The molecule has 0 radical (unpaired) electrons. The Morgan fingerprint density at radius 1 is 0.280 bits per heavy atom. The van der Waals surface area contributed by atoms with E-state index in [4.69, 9.17) is 0 Å². The zero-order valence-electron chi connectivity index (χ0n) is 56.8. The van der Waals surface area contributed by atoms with Crippen LogP contribution in [0.1, 0.15) is 463 Å². The highest BCUT2D eigenvalue weighted by atomic mass is 16.3. The fraction of sp³-hybridized carbons (Fsp3) is 0.962. The number of hydrogen-bond acceptors (Lipinski definition) is 3. The first-order valence-corrected chi connectivity index (χ1v) is 38.9. The number of amides is 1. The van der Waals surface area contributed by atoms with E-state index in [-0.39, 0.29) is 12.5 Å². The van der Waals surface area contributed by atoms with E-state index >= 15 is 0 Å². The van der Waals surface area contributed by atoms with Crippen LogP contribution in [0, 0.1) is 0 Å². The Labute approximate surface area is 517 Å². The minimum Gasteiger partial charge on any atom is -0.394 e. The molecule has 0 rings (SSSR count). The van der Waals surface area contributed by atoms with Gasteiger partial charge in [-0.05, 0) is 19.3 Å². The largest absolute Gasteiger partial charge is 0.394 e. The Kier molecular flexibility index (Phi) is 73.6. The van der Waals surface area contributed by atoms with Crippen LogP contribution in [0.2, 0.25) is 0 Å². The molecule has 0 saturated carbocycles. The van der Waals surface area contributed by atoms with Crippen molar-refractivity contribution in [2.75, 3.05) is 6.61 Å². The lowest BCUT2D eigenvalue weighted by molar-refractivity contribution is -0.123. The summed E-state index contributed by atoms with van der Waals surface area (Å²) in [6.07, 6.45) is 101. The molecule has 0 aliphatic heterocycles. The molecule has 490 valence electrons. The second-order valence-electron chi connectivity index (χ2n) is 27.1. The molecule has 0 aliphatic carbocycles. The number of aliphatic hydroxyl groups is 2. The molecule has 2 unspecified atom stereocenters. The third kappa shape index (κ3) is 69.9. The van der Waals surface area contributed by atoms with Gasteiger partial charge in [0.05, 0.1) is 18.8 Å². The number of carbonyl (C=O) groups is 1. The molecule has 0 heterocycles. The van der Waals surface area contributed by atoms with Gasteiger partial charge in [0.25, 0.3) is 0 Å². The predicted molar refractivity (Wildman–Crippen MR) is 369 cm³/mol. The number of allylic oxidation sites excluding steroid dienone is 1. The summed E-state index contributed by atoms with van der Waals surface area (Å²) in [6, 6.07) is -0.620. The number of aliphatic hydroxyl groups excluding tert-OH is 2. The summed E-state index contributed by atoms with van der Waals surface area (Å²) in [5.74, 6) is -0.0519. The summed E-state index contributed by atoms with van der Waals surface area (Å²) >= 11 is 0. The molecule has 4 nitrogen and oxygen atoms in total. The van der Waals surface area contributed by atoms with E-state index in [9.17, 15) is 15.0 Å². The van der Waals surface area contributed by atoms with Gasteiger partial charge in [0.2, 0.25) is 5.91 Å². The van der Waals surface area contributed by atoms with Crippen molar-refractivity contribution in [3.05, 3.63) is 12.2 Å². The maximum Gasteiger partial charge on any atom is 0.220 e. The predicted octanol–water partition coefficient (Wildman–Crippen LogP) is 26.7. The molecule has 0 aromatic carbocycles. The number of carbonyl (C=O) groups excluding carboxylic acids is 1. The maximum absolute atomic E-state index is 12.6. The van der Waals surface area contributed by atoms with E-state index in [0.717, 1.165) is 25.7 Å². The average molecular weight is 1160 g/mol. The van der Waals surface area contributed by atoms with Gasteiger partial charge in [-0.1, -0.05) is 450 Å². The number of rotatable bonds is 74. The Morgan fingerprint density at radius 3 is 0.634 bits per heavy atom. The van der Waals surface area contributed by atoms with E-state index in [1.165, 1.54) is 417 Å². The summed E-state index contributed by atoms with van der Waals surface area (Å²) in [4.78, 5) is 12.6. The fourth-order valence-corrected chi connectivity index (χ4v) is 12.9. The van der Waals surface area contributed by atoms with Crippen molar-refractivity contribution in [2.45, 2.75) is 475 Å². The van der Waals surface area contributed by atoms with Crippen LogP contribution in [-0.2, 0) is 4.79 Å². The normalized spacial score (nSPS) is 12.6. The lowest BCUT2D eigenvalue weighted by Crippen LogP contribution is -2.45. The van der Waals surface area contributed by atoms with Gasteiger partial charge in [0, 0.05) is 6.42 Å². The second-order valence-corrected chi connectivity index (χ2v) is 27.1. The van der Waals surface area contributed by atoms with E-state index in [2.05, 4.69) is 19.2 Å². The number of hydrogen-bond donors (Lipinski definition) is 3. The molecule has 0 fully saturated rings. The summed E-state index contributed by atoms with van der Waals surface area (Å²) in [5.41, 5.74) is 0. The van der Waals surface area contributed by atoms with Gasteiger partial charge in [0.1, 0.15) is 0 Å². The molecule has 82 heavy (non-hydrogen) atoms. The summed E-state index contributed by atoms with van der Waals surface area (Å²) < 4.78 is 0. The molecule has 0 aromatic heterocycles. The van der Waals surface area contributed by atoms with Crippen LogP contribution in [0.3, 0.4) is 0 Å². The van der Waals surface area contributed by atoms with Crippen molar-refractivity contribution >= 4 is 5.91 Å². The van der Waals surface area contributed by atoms with E-state index in [1.807, 2.05) is 6.08 Å². The lowest BCUT2D eigenvalue weighted by Gasteiger charge is -2.20. The monoisotopic (exact) mass is 1150 g/mol.